The number of anilines is 1. The van der Waals surface area contributed by atoms with E-state index in [4.69, 9.17) is 0 Å². The molecule has 1 rings (SSSR count). The summed E-state index contributed by atoms with van der Waals surface area (Å²) in [6, 6.07) is 2.80. The molecule has 6 heteroatoms. The number of hydrogen-bond acceptors (Lipinski definition) is 5. The molecule has 6 nitrogen and oxygen atoms in total. The molecular weight excluding hydrogens is 234 g/mol. The van der Waals surface area contributed by atoms with Gasteiger partial charge in [0.15, 0.2) is 0 Å². The van der Waals surface area contributed by atoms with Gasteiger partial charge in [0.25, 0.3) is 0 Å². The average Bonchev–Trinajstić information content (AvgIpc) is 2.27. The normalized spacial score (nSPS) is 12.5. The van der Waals surface area contributed by atoms with Crippen LogP contribution < -0.4 is 5.32 Å². The highest BCUT2D eigenvalue weighted by atomic mass is 16.6. The molecule has 2 N–H and O–H groups in total. The minimum Gasteiger partial charge on any atom is -0.394 e. The molecule has 1 aromatic heterocycles. The third kappa shape index (κ3) is 3.96. The molecule has 1 aromatic rings. The van der Waals surface area contributed by atoms with Crippen molar-refractivity contribution >= 4 is 11.5 Å². The van der Waals surface area contributed by atoms with Gasteiger partial charge in [0.2, 0.25) is 5.82 Å². The maximum absolute atomic E-state index is 10.9. The molecule has 18 heavy (non-hydrogen) atoms. The highest BCUT2D eigenvalue weighted by molar-refractivity contribution is 5.56. The molecule has 100 valence electrons. The zero-order valence-electron chi connectivity index (χ0n) is 10.9. The van der Waals surface area contributed by atoms with Crippen LogP contribution in [0.15, 0.2) is 12.1 Å². The van der Waals surface area contributed by atoms with E-state index in [-0.39, 0.29) is 24.2 Å². The van der Waals surface area contributed by atoms with Gasteiger partial charge in [-0.15, -0.1) is 0 Å². The summed E-state index contributed by atoms with van der Waals surface area (Å²) in [6.45, 7) is 5.75. The van der Waals surface area contributed by atoms with Crippen molar-refractivity contribution < 1.29 is 10.0 Å². The fraction of sp³-hybridized carbons (Fsp3) is 0.583. The maximum Gasteiger partial charge on any atom is 0.311 e. The topological polar surface area (TPSA) is 88.3 Å². The van der Waals surface area contributed by atoms with Crippen LogP contribution in [0.5, 0.6) is 0 Å². The first kappa shape index (κ1) is 14.4. The Balaban J connectivity index is 2.93. The number of nitrogens with one attached hydrogen (secondary N) is 1. The van der Waals surface area contributed by atoms with Gasteiger partial charge in [-0.25, -0.2) is 4.98 Å². The fourth-order valence-corrected chi connectivity index (χ4v) is 1.74. The first-order chi connectivity index (χ1) is 8.43. The van der Waals surface area contributed by atoms with Crippen LogP contribution in [0.3, 0.4) is 0 Å². The zero-order chi connectivity index (χ0) is 13.7. The monoisotopic (exact) mass is 253 g/mol. The van der Waals surface area contributed by atoms with Crippen LogP contribution in [0.2, 0.25) is 0 Å². The number of rotatable bonds is 6. The van der Waals surface area contributed by atoms with Crippen LogP contribution in [-0.4, -0.2) is 27.7 Å². The third-order valence-corrected chi connectivity index (χ3v) is 2.53. The average molecular weight is 253 g/mol. The van der Waals surface area contributed by atoms with E-state index in [1.54, 1.807) is 13.0 Å². The van der Waals surface area contributed by atoms with Gasteiger partial charge in [-0.3, -0.25) is 10.1 Å². The van der Waals surface area contributed by atoms with E-state index in [9.17, 15) is 15.2 Å². The Bertz CT molecular complexity index is 421. The van der Waals surface area contributed by atoms with Crippen molar-refractivity contribution in [3.63, 3.8) is 0 Å². The van der Waals surface area contributed by atoms with Crippen molar-refractivity contribution in [2.24, 2.45) is 5.92 Å². The summed E-state index contributed by atoms with van der Waals surface area (Å²) in [5.41, 5.74) is 0.632. The summed E-state index contributed by atoms with van der Waals surface area (Å²) < 4.78 is 0. The van der Waals surface area contributed by atoms with Crippen LogP contribution in [0, 0.1) is 23.0 Å². The highest BCUT2D eigenvalue weighted by Gasteiger charge is 2.19. The second-order valence-electron chi connectivity index (χ2n) is 4.73. The van der Waals surface area contributed by atoms with Gasteiger partial charge in [-0.05, 0) is 25.3 Å². The second kappa shape index (κ2) is 6.30. The Morgan fingerprint density at radius 2 is 2.17 bits per heavy atom. The zero-order valence-corrected chi connectivity index (χ0v) is 10.9. The lowest BCUT2D eigenvalue weighted by atomic mass is 10.0. The molecule has 0 aliphatic rings. The predicted octanol–water partition coefficient (Wildman–Crippen LogP) is 2.12. The molecule has 0 saturated heterocycles. The molecule has 1 atom stereocenters. The molecular formula is C12H19N3O3. The summed E-state index contributed by atoms with van der Waals surface area (Å²) in [6.07, 6.45) is 0.725. The summed E-state index contributed by atoms with van der Waals surface area (Å²) in [5.74, 6) is 0.609. The van der Waals surface area contributed by atoms with Crippen LogP contribution in [0.1, 0.15) is 26.0 Å². The number of aromatic nitrogens is 1. The predicted molar refractivity (Wildman–Crippen MR) is 69.6 cm³/mol. The fourth-order valence-electron chi connectivity index (χ4n) is 1.74. The standard InChI is InChI=1S/C12H19N3O3/c1-8(2)6-10(7-16)14-12-11(15(17)18)5-4-9(3)13-12/h4-5,8,10,16H,6-7H2,1-3H3,(H,13,14). The molecule has 0 fully saturated rings. The Hall–Kier alpha value is -1.69. The van der Waals surface area contributed by atoms with Gasteiger partial charge in [0.05, 0.1) is 17.6 Å². The smallest absolute Gasteiger partial charge is 0.311 e. The lowest BCUT2D eigenvalue weighted by molar-refractivity contribution is -0.384. The Kier molecular flexibility index (Phi) is 5.03. The van der Waals surface area contributed by atoms with Gasteiger partial charge >= 0.3 is 5.69 Å². The Morgan fingerprint density at radius 1 is 1.50 bits per heavy atom. The summed E-state index contributed by atoms with van der Waals surface area (Å²) in [7, 11) is 0. The van der Waals surface area contributed by atoms with Crippen molar-refractivity contribution in [3.8, 4) is 0 Å². The number of hydrogen-bond donors (Lipinski definition) is 2. The summed E-state index contributed by atoms with van der Waals surface area (Å²) in [4.78, 5) is 14.5. The quantitative estimate of drug-likeness (QED) is 0.598. The van der Waals surface area contributed by atoms with Gasteiger partial charge in [-0.1, -0.05) is 13.8 Å². The lowest BCUT2D eigenvalue weighted by Crippen LogP contribution is -2.26. The van der Waals surface area contributed by atoms with Gasteiger partial charge < -0.3 is 10.4 Å². The Morgan fingerprint density at radius 3 is 2.67 bits per heavy atom. The minimum absolute atomic E-state index is 0.0668. The third-order valence-electron chi connectivity index (χ3n) is 2.53. The molecule has 1 unspecified atom stereocenters. The van der Waals surface area contributed by atoms with Crippen molar-refractivity contribution in [1.82, 2.24) is 4.98 Å². The summed E-state index contributed by atoms with van der Waals surface area (Å²) in [5, 5.41) is 23.1. The SMILES string of the molecule is Cc1ccc([N+](=O)[O-])c(NC(CO)CC(C)C)n1. The maximum atomic E-state index is 10.9. The number of aryl methyl sites for hydroxylation is 1. The molecule has 0 aromatic carbocycles. The number of nitro groups is 1. The molecule has 0 radical (unpaired) electrons. The molecule has 0 bridgehead atoms. The number of aliphatic hydroxyl groups excluding tert-OH is 1. The Labute approximate surface area is 106 Å². The molecule has 0 amide bonds. The van der Waals surface area contributed by atoms with Crippen LogP contribution >= 0.6 is 0 Å². The van der Waals surface area contributed by atoms with Gasteiger partial charge in [0.1, 0.15) is 0 Å². The highest BCUT2D eigenvalue weighted by Crippen LogP contribution is 2.23. The largest absolute Gasteiger partial charge is 0.394 e. The van der Waals surface area contributed by atoms with Crippen LogP contribution in [0.4, 0.5) is 11.5 Å². The number of nitrogens with zero attached hydrogens (tertiary/aromatic N) is 2. The molecule has 1 heterocycles. The van der Waals surface area contributed by atoms with Crippen molar-refractivity contribution in [1.29, 1.82) is 0 Å². The van der Waals surface area contributed by atoms with E-state index in [0.717, 1.165) is 6.42 Å². The minimum atomic E-state index is -0.474. The number of aliphatic hydroxyl groups is 1. The van der Waals surface area contributed by atoms with Crippen LogP contribution in [-0.2, 0) is 0 Å². The molecule has 0 aliphatic carbocycles. The lowest BCUT2D eigenvalue weighted by Gasteiger charge is -2.18. The van der Waals surface area contributed by atoms with E-state index < -0.39 is 4.92 Å². The molecule has 0 spiro atoms. The second-order valence-corrected chi connectivity index (χ2v) is 4.73. The van der Waals surface area contributed by atoms with E-state index in [1.165, 1.54) is 6.07 Å². The van der Waals surface area contributed by atoms with Crippen molar-refractivity contribution in [2.75, 3.05) is 11.9 Å². The van der Waals surface area contributed by atoms with Crippen molar-refractivity contribution in [3.05, 3.63) is 27.9 Å². The van der Waals surface area contributed by atoms with Crippen molar-refractivity contribution in [2.45, 2.75) is 33.2 Å². The first-order valence-corrected chi connectivity index (χ1v) is 5.93. The van der Waals surface area contributed by atoms with E-state index in [0.29, 0.717) is 11.6 Å². The first-order valence-electron chi connectivity index (χ1n) is 5.93. The van der Waals surface area contributed by atoms with E-state index >= 15 is 0 Å². The van der Waals surface area contributed by atoms with Gasteiger partial charge in [-0.2, -0.15) is 0 Å². The van der Waals surface area contributed by atoms with E-state index in [2.05, 4.69) is 10.3 Å². The van der Waals surface area contributed by atoms with Crippen LogP contribution in [0.25, 0.3) is 0 Å². The number of pyridine rings is 1. The molecule has 0 aliphatic heterocycles. The van der Waals surface area contributed by atoms with E-state index in [1.807, 2.05) is 13.8 Å². The molecule has 0 saturated carbocycles. The summed E-state index contributed by atoms with van der Waals surface area (Å²) >= 11 is 0. The van der Waals surface area contributed by atoms with Gasteiger partial charge in [0, 0.05) is 11.8 Å².